The van der Waals surface area contributed by atoms with E-state index in [-0.39, 0.29) is 5.92 Å². The topological polar surface area (TPSA) is 43.8 Å². The van der Waals surface area contributed by atoms with E-state index in [2.05, 4.69) is 23.6 Å². The molecule has 2 aliphatic rings. The van der Waals surface area contributed by atoms with Crippen LogP contribution in [0.15, 0.2) is 0 Å². The second kappa shape index (κ2) is 7.09. The van der Waals surface area contributed by atoms with Crippen LogP contribution in [0.4, 0.5) is 0 Å². The Bertz CT molecular complexity index is 368. The molecule has 0 atom stereocenters. The van der Waals surface area contributed by atoms with Crippen molar-refractivity contribution in [2.75, 3.05) is 19.1 Å². The molecular weight excluding hydrogens is 292 g/mol. The zero-order valence-electron chi connectivity index (χ0n) is 12.2. The van der Waals surface area contributed by atoms with Crippen LogP contribution in [-0.4, -0.2) is 50.3 Å². The maximum atomic E-state index is 11.0. The Morgan fingerprint density at radius 1 is 1.40 bits per heavy atom. The Balaban J connectivity index is 1.80. The maximum absolute atomic E-state index is 11.0. The third-order valence-corrected chi connectivity index (χ3v) is 5.86. The Labute approximate surface area is 130 Å². The lowest BCUT2D eigenvalue weighted by molar-refractivity contribution is -0.143. The molecule has 1 saturated heterocycles. The number of carboxylic acid groups (broad SMARTS) is 1. The van der Waals surface area contributed by atoms with Crippen LogP contribution in [0.25, 0.3) is 0 Å². The summed E-state index contributed by atoms with van der Waals surface area (Å²) in [7, 11) is 0. The number of hydrogen-bond donors (Lipinski definition) is 1. The second-order valence-corrected chi connectivity index (χ2v) is 7.73. The van der Waals surface area contributed by atoms with Gasteiger partial charge in [0.25, 0.3) is 0 Å². The van der Waals surface area contributed by atoms with E-state index in [9.17, 15) is 4.79 Å². The Kier molecular flexibility index (Phi) is 5.69. The number of carbonyl (C=O) groups is 1. The van der Waals surface area contributed by atoms with Crippen molar-refractivity contribution in [3.63, 3.8) is 0 Å². The van der Waals surface area contributed by atoms with E-state index in [0.29, 0.717) is 12.0 Å². The van der Waals surface area contributed by atoms with Gasteiger partial charge in [-0.05, 0) is 45.4 Å². The molecule has 4 nitrogen and oxygen atoms in total. The van der Waals surface area contributed by atoms with Gasteiger partial charge >= 0.3 is 5.97 Å². The maximum Gasteiger partial charge on any atom is 0.306 e. The van der Waals surface area contributed by atoms with E-state index in [1.165, 1.54) is 0 Å². The Hall–Kier alpha value is -0.330. The van der Waals surface area contributed by atoms with Gasteiger partial charge in [0.2, 0.25) is 0 Å². The molecule has 0 bridgehead atoms. The van der Waals surface area contributed by atoms with E-state index < -0.39 is 5.97 Å². The first-order valence-corrected chi connectivity index (χ1v) is 8.75. The fourth-order valence-electron chi connectivity index (χ4n) is 2.99. The van der Waals surface area contributed by atoms with Gasteiger partial charge in [-0.25, -0.2) is 0 Å². The van der Waals surface area contributed by atoms with E-state index >= 15 is 0 Å². The molecule has 0 amide bonds. The third kappa shape index (κ3) is 4.09. The quantitative estimate of drug-likeness (QED) is 0.805. The van der Waals surface area contributed by atoms with Crippen molar-refractivity contribution >= 4 is 34.3 Å². The van der Waals surface area contributed by atoms with E-state index in [1.807, 2.05) is 0 Å². The van der Waals surface area contributed by atoms with Crippen LogP contribution in [0.2, 0.25) is 0 Å². The lowest BCUT2D eigenvalue weighted by Crippen LogP contribution is -2.49. The molecule has 6 heteroatoms. The van der Waals surface area contributed by atoms with Gasteiger partial charge in [0.1, 0.15) is 4.32 Å². The summed E-state index contributed by atoms with van der Waals surface area (Å²) in [5.41, 5.74) is 0. The van der Waals surface area contributed by atoms with Crippen LogP contribution in [0.1, 0.15) is 39.5 Å². The number of thioether (sulfide) groups is 1. The number of thiocarbonyl (C=S) groups is 1. The molecule has 0 radical (unpaired) electrons. The number of hydrogen-bond acceptors (Lipinski definition) is 4. The van der Waals surface area contributed by atoms with Crippen LogP contribution in [-0.2, 0) is 4.79 Å². The van der Waals surface area contributed by atoms with Crippen molar-refractivity contribution in [1.82, 2.24) is 9.80 Å². The Morgan fingerprint density at radius 2 is 2.05 bits per heavy atom. The van der Waals surface area contributed by atoms with Gasteiger partial charge in [-0.15, -0.1) is 0 Å². The fraction of sp³-hybridized carbons (Fsp3) is 0.857. The molecule has 1 aliphatic carbocycles. The lowest BCUT2D eigenvalue weighted by atomic mass is 9.82. The minimum Gasteiger partial charge on any atom is -0.481 e. The molecule has 0 aromatic rings. The molecule has 0 aromatic heterocycles. The van der Waals surface area contributed by atoms with Gasteiger partial charge in [0.05, 0.1) is 18.5 Å². The smallest absolute Gasteiger partial charge is 0.306 e. The van der Waals surface area contributed by atoms with E-state index in [4.69, 9.17) is 17.3 Å². The highest BCUT2D eigenvalue weighted by Gasteiger charge is 2.29. The molecular formula is C14H24N2O2S2. The minimum absolute atomic E-state index is 0.110. The van der Waals surface area contributed by atoms with Crippen molar-refractivity contribution in [2.24, 2.45) is 11.8 Å². The normalized spacial score (nSPS) is 28.9. The summed E-state index contributed by atoms with van der Waals surface area (Å²) in [6, 6.07) is 0.445. The SMILES string of the molecule is CC(C)N1CN(CC2CCC(C(=O)O)CC2)CSC1=S. The molecule has 2 rings (SSSR count). The largest absolute Gasteiger partial charge is 0.481 e. The van der Waals surface area contributed by atoms with Gasteiger partial charge in [0.15, 0.2) is 0 Å². The highest BCUT2D eigenvalue weighted by molar-refractivity contribution is 8.22. The first kappa shape index (κ1) is 16.0. The summed E-state index contributed by atoms with van der Waals surface area (Å²) in [5.74, 6) is 0.892. The van der Waals surface area contributed by atoms with Gasteiger partial charge in [-0.2, -0.15) is 0 Å². The number of aliphatic carboxylic acids is 1. The van der Waals surface area contributed by atoms with Crippen molar-refractivity contribution in [3.05, 3.63) is 0 Å². The van der Waals surface area contributed by atoms with Gasteiger partial charge in [0, 0.05) is 12.6 Å². The third-order valence-electron chi connectivity index (χ3n) is 4.29. The number of rotatable bonds is 4. The molecule has 1 saturated carbocycles. The minimum atomic E-state index is -0.617. The molecule has 114 valence electrons. The zero-order chi connectivity index (χ0) is 14.7. The number of carboxylic acids is 1. The molecule has 20 heavy (non-hydrogen) atoms. The summed E-state index contributed by atoms with van der Waals surface area (Å²) < 4.78 is 1.01. The first-order valence-electron chi connectivity index (χ1n) is 7.36. The fourth-order valence-corrected chi connectivity index (χ4v) is 4.33. The van der Waals surface area contributed by atoms with Gasteiger partial charge in [-0.3, -0.25) is 9.69 Å². The summed E-state index contributed by atoms with van der Waals surface area (Å²) in [5, 5.41) is 9.04. The highest BCUT2D eigenvalue weighted by Crippen LogP contribution is 2.31. The first-order chi connectivity index (χ1) is 9.47. The van der Waals surface area contributed by atoms with Crippen LogP contribution in [0, 0.1) is 11.8 Å². The van der Waals surface area contributed by atoms with Gasteiger partial charge in [-0.1, -0.05) is 24.0 Å². The summed E-state index contributed by atoms with van der Waals surface area (Å²) >= 11 is 7.15. The van der Waals surface area contributed by atoms with Crippen LogP contribution in [0.3, 0.4) is 0 Å². The van der Waals surface area contributed by atoms with Crippen molar-refractivity contribution in [1.29, 1.82) is 0 Å². The van der Waals surface area contributed by atoms with E-state index in [1.54, 1.807) is 11.8 Å². The average Bonchev–Trinajstić information content (AvgIpc) is 2.41. The molecule has 1 N–H and O–H groups in total. The predicted molar refractivity (Wildman–Crippen MR) is 86.7 cm³/mol. The molecule has 0 unspecified atom stereocenters. The summed E-state index contributed by atoms with van der Waals surface area (Å²) in [6.45, 7) is 6.34. The number of nitrogens with zero attached hydrogens (tertiary/aromatic N) is 2. The van der Waals surface area contributed by atoms with Crippen molar-refractivity contribution in [2.45, 2.75) is 45.6 Å². The summed E-state index contributed by atoms with van der Waals surface area (Å²) in [4.78, 5) is 15.7. The van der Waals surface area contributed by atoms with Crippen LogP contribution in [0.5, 0.6) is 0 Å². The Morgan fingerprint density at radius 3 is 2.60 bits per heavy atom. The lowest BCUT2D eigenvalue weighted by Gasteiger charge is -2.41. The monoisotopic (exact) mass is 316 g/mol. The van der Waals surface area contributed by atoms with Crippen molar-refractivity contribution < 1.29 is 9.90 Å². The van der Waals surface area contributed by atoms with Crippen molar-refractivity contribution in [3.8, 4) is 0 Å². The summed E-state index contributed by atoms with van der Waals surface area (Å²) in [6.07, 6.45) is 3.77. The second-order valence-electron chi connectivity index (χ2n) is 6.15. The highest BCUT2D eigenvalue weighted by atomic mass is 32.2. The zero-order valence-corrected chi connectivity index (χ0v) is 13.9. The molecule has 1 heterocycles. The average molecular weight is 316 g/mol. The molecule has 0 spiro atoms. The molecule has 2 fully saturated rings. The molecule has 1 aliphatic heterocycles. The molecule has 0 aromatic carbocycles. The standard InChI is InChI=1S/C14H24N2O2S2/c1-10(2)16-8-15(9-20-14(16)19)7-11-3-5-12(6-4-11)13(17)18/h10-12H,3-9H2,1-2H3,(H,17,18). The predicted octanol–water partition coefficient (Wildman–Crippen LogP) is 2.84. The van der Waals surface area contributed by atoms with Gasteiger partial charge < -0.3 is 10.0 Å². The van der Waals surface area contributed by atoms with Crippen LogP contribution < -0.4 is 0 Å². The van der Waals surface area contributed by atoms with E-state index in [0.717, 1.165) is 49.1 Å². The van der Waals surface area contributed by atoms with Crippen LogP contribution >= 0.6 is 24.0 Å².